The summed E-state index contributed by atoms with van der Waals surface area (Å²) in [5.41, 5.74) is 0. The molecule has 2 saturated heterocycles. The van der Waals surface area contributed by atoms with E-state index in [0.29, 0.717) is 30.2 Å². The van der Waals surface area contributed by atoms with Gasteiger partial charge in [0.25, 0.3) is 0 Å². The highest BCUT2D eigenvalue weighted by atomic mass is 16.5. The van der Waals surface area contributed by atoms with Gasteiger partial charge in [-0.1, -0.05) is 19.0 Å². The first-order valence-corrected chi connectivity index (χ1v) is 7.90. The minimum atomic E-state index is -0.0913. The van der Waals surface area contributed by atoms with E-state index in [0.717, 1.165) is 32.4 Å². The largest absolute Gasteiger partial charge is 0.339 e. The molecule has 2 fully saturated rings. The third kappa shape index (κ3) is 2.95. The number of hydrogen-bond acceptors (Lipinski definition) is 5. The van der Waals surface area contributed by atoms with Crippen LogP contribution in [0, 0.1) is 5.92 Å². The van der Waals surface area contributed by atoms with Crippen LogP contribution < -0.4 is 0 Å². The van der Waals surface area contributed by atoms with Gasteiger partial charge < -0.3 is 9.42 Å². The highest BCUT2D eigenvalue weighted by Gasteiger charge is 2.40. The Morgan fingerprint density at radius 2 is 2.24 bits per heavy atom. The van der Waals surface area contributed by atoms with E-state index >= 15 is 0 Å². The Labute approximate surface area is 125 Å². The molecule has 2 aliphatic rings. The van der Waals surface area contributed by atoms with Crippen molar-refractivity contribution in [1.82, 2.24) is 19.9 Å². The molecule has 116 valence electrons. The van der Waals surface area contributed by atoms with Gasteiger partial charge in [0.05, 0.1) is 12.6 Å². The molecule has 1 amide bonds. The van der Waals surface area contributed by atoms with Crippen LogP contribution in [0.3, 0.4) is 0 Å². The molecule has 6 nitrogen and oxygen atoms in total. The van der Waals surface area contributed by atoms with Crippen molar-refractivity contribution in [2.45, 2.75) is 58.7 Å². The van der Waals surface area contributed by atoms with Crippen molar-refractivity contribution in [2.24, 2.45) is 5.92 Å². The molecule has 21 heavy (non-hydrogen) atoms. The second kappa shape index (κ2) is 5.75. The van der Waals surface area contributed by atoms with Gasteiger partial charge in [0, 0.05) is 25.6 Å². The zero-order valence-electron chi connectivity index (χ0n) is 13.1. The standard InChI is InChI=1S/C15H24N4O2/c1-10(2)7-14-16-13(17-21-14)9-18-8-12-5-4-6-19(12)15(20)11(18)3/h10-12H,4-9H2,1-3H3/t11-,12-/m0/s1. The van der Waals surface area contributed by atoms with Crippen molar-refractivity contribution in [3.8, 4) is 0 Å². The van der Waals surface area contributed by atoms with Crippen molar-refractivity contribution in [3.63, 3.8) is 0 Å². The smallest absolute Gasteiger partial charge is 0.239 e. The fourth-order valence-electron chi connectivity index (χ4n) is 3.31. The summed E-state index contributed by atoms with van der Waals surface area (Å²) in [6.45, 7) is 8.67. The Morgan fingerprint density at radius 1 is 1.43 bits per heavy atom. The maximum absolute atomic E-state index is 12.4. The van der Waals surface area contributed by atoms with Crippen LogP contribution in [0.5, 0.6) is 0 Å². The Bertz CT molecular complexity index is 514. The van der Waals surface area contributed by atoms with Gasteiger partial charge in [-0.15, -0.1) is 0 Å². The van der Waals surface area contributed by atoms with Crippen LogP contribution in [-0.2, 0) is 17.8 Å². The maximum atomic E-state index is 12.4. The van der Waals surface area contributed by atoms with Crippen LogP contribution in [0.1, 0.15) is 45.3 Å². The summed E-state index contributed by atoms with van der Waals surface area (Å²) < 4.78 is 5.28. The molecule has 0 bridgehead atoms. The molecule has 3 rings (SSSR count). The second-order valence-corrected chi connectivity index (χ2v) is 6.64. The molecule has 0 unspecified atom stereocenters. The summed E-state index contributed by atoms with van der Waals surface area (Å²) >= 11 is 0. The van der Waals surface area contributed by atoms with Gasteiger partial charge in [-0.2, -0.15) is 4.98 Å². The lowest BCUT2D eigenvalue weighted by Gasteiger charge is -2.41. The second-order valence-electron chi connectivity index (χ2n) is 6.64. The maximum Gasteiger partial charge on any atom is 0.239 e. The molecule has 6 heteroatoms. The van der Waals surface area contributed by atoms with Crippen molar-refractivity contribution in [1.29, 1.82) is 0 Å². The Morgan fingerprint density at radius 3 is 3.00 bits per heavy atom. The van der Waals surface area contributed by atoms with Crippen molar-refractivity contribution in [3.05, 3.63) is 11.7 Å². The number of amides is 1. The van der Waals surface area contributed by atoms with Gasteiger partial charge in [-0.25, -0.2) is 0 Å². The first kappa shape index (κ1) is 14.5. The molecule has 1 aromatic rings. The lowest BCUT2D eigenvalue weighted by atomic mass is 10.1. The van der Waals surface area contributed by atoms with Crippen LogP contribution in [0.2, 0.25) is 0 Å². The molecule has 3 heterocycles. The molecular formula is C15H24N4O2. The lowest BCUT2D eigenvalue weighted by molar-refractivity contribution is -0.143. The minimum absolute atomic E-state index is 0.0913. The molecule has 0 aliphatic carbocycles. The highest BCUT2D eigenvalue weighted by Crippen LogP contribution is 2.26. The third-order valence-corrected chi connectivity index (χ3v) is 4.45. The number of hydrogen-bond donors (Lipinski definition) is 0. The number of rotatable bonds is 4. The van der Waals surface area contributed by atoms with Gasteiger partial charge in [0.2, 0.25) is 11.8 Å². The molecule has 0 aromatic carbocycles. The van der Waals surface area contributed by atoms with Gasteiger partial charge in [-0.3, -0.25) is 9.69 Å². The van der Waals surface area contributed by atoms with Gasteiger partial charge in [-0.05, 0) is 25.7 Å². The van der Waals surface area contributed by atoms with Crippen LogP contribution in [0.25, 0.3) is 0 Å². The number of carbonyl (C=O) groups excluding carboxylic acids is 1. The first-order chi connectivity index (χ1) is 10.0. The fraction of sp³-hybridized carbons (Fsp3) is 0.800. The molecule has 0 radical (unpaired) electrons. The monoisotopic (exact) mass is 292 g/mol. The molecule has 0 spiro atoms. The molecular weight excluding hydrogens is 268 g/mol. The number of carbonyl (C=O) groups is 1. The average molecular weight is 292 g/mol. The predicted octanol–water partition coefficient (Wildman–Crippen LogP) is 1.46. The van der Waals surface area contributed by atoms with E-state index in [1.165, 1.54) is 0 Å². The fourth-order valence-corrected chi connectivity index (χ4v) is 3.31. The van der Waals surface area contributed by atoms with Crippen LogP contribution in [-0.4, -0.2) is 51.0 Å². The SMILES string of the molecule is CC(C)Cc1nc(CN2C[C@@H]3CCCN3C(=O)[C@@H]2C)no1. The summed E-state index contributed by atoms with van der Waals surface area (Å²) in [6, 6.07) is 0.280. The topological polar surface area (TPSA) is 62.5 Å². The van der Waals surface area contributed by atoms with E-state index in [4.69, 9.17) is 4.52 Å². The quantitative estimate of drug-likeness (QED) is 0.841. The number of piperazine rings is 1. The zero-order chi connectivity index (χ0) is 15.0. The Balaban J connectivity index is 1.66. The predicted molar refractivity (Wildman–Crippen MR) is 77.4 cm³/mol. The van der Waals surface area contributed by atoms with E-state index in [1.807, 2.05) is 11.8 Å². The van der Waals surface area contributed by atoms with Gasteiger partial charge in [0.15, 0.2) is 5.82 Å². The summed E-state index contributed by atoms with van der Waals surface area (Å²) in [5.74, 6) is 2.13. The van der Waals surface area contributed by atoms with E-state index in [2.05, 4.69) is 28.9 Å². The molecule has 0 saturated carbocycles. The minimum Gasteiger partial charge on any atom is -0.339 e. The summed E-state index contributed by atoms with van der Waals surface area (Å²) in [7, 11) is 0. The Hall–Kier alpha value is -1.43. The normalized spacial score (nSPS) is 26.7. The van der Waals surface area contributed by atoms with Crippen LogP contribution in [0.15, 0.2) is 4.52 Å². The van der Waals surface area contributed by atoms with Gasteiger partial charge >= 0.3 is 0 Å². The first-order valence-electron chi connectivity index (χ1n) is 7.90. The van der Waals surface area contributed by atoms with Crippen molar-refractivity contribution >= 4 is 5.91 Å². The van der Waals surface area contributed by atoms with Crippen LogP contribution >= 0.6 is 0 Å². The lowest BCUT2D eigenvalue weighted by Crippen LogP contribution is -2.58. The number of nitrogens with zero attached hydrogens (tertiary/aromatic N) is 4. The van der Waals surface area contributed by atoms with E-state index in [1.54, 1.807) is 0 Å². The van der Waals surface area contributed by atoms with Crippen LogP contribution in [0.4, 0.5) is 0 Å². The van der Waals surface area contributed by atoms with Crippen molar-refractivity contribution < 1.29 is 9.32 Å². The average Bonchev–Trinajstić information content (AvgIpc) is 3.04. The summed E-state index contributed by atoms with van der Waals surface area (Å²) in [6.07, 6.45) is 3.04. The summed E-state index contributed by atoms with van der Waals surface area (Å²) in [5, 5.41) is 4.06. The Kier molecular flexibility index (Phi) is 3.97. The van der Waals surface area contributed by atoms with E-state index in [9.17, 15) is 4.79 Å². The van der Waals surface area contributed by atoms with E-state index in [-0.39, 0.29) is 11.9 Å². The number of fused-ring (bicyclic) bond motifs is 1. The number of aromatic nitrogens is 2. The third-order valence-electron chi connectivity index (χ3n) is 4.45. The molecule has 0 N–H and O–H groups in total. The van der Waals surface area contributed by atoms with Gasteiger partial charge in [0.1, 0.15) is 0 Å². The van der Waals surface area contributed by atoms with E-state index < -0.39 is 0 Å². The molecule has 2 atom stereocenters. The zero-order valence-corrected chi connectivity index (χ0v) is 13.1. The summed E-state index contributed by atoms with van der Waals surface area (Å²) in [4.78, 5) is 21.0. The molecule has 2 aliphatic heterocycles. The highest BCUT2D eigenvalue weighted by molar-refractivity contribution is 5.82. The molecule has 1 aromatic heterocycles. The van der Waals surface area contributed by atoms with Crippen molar-refractivity contribution in [2.75, 3.05) is 13.1 Å².